The summed E-state index contributed by atoms with van der Waals surface area (Å²) in [6.45, 7) is 3.66. The van der Waals surface area contributed by atoms with E-state index in [0.717, 1.165) is 41.6 Å². The van der Waals surface area contributed by atoms with E-state index < -0.39 is 0 Å². The number of nitriles is 1. The molecule has 0 spiro atoms. The van der Waals surface area contributed by atoms with Gasteiger partial charge in [0.25, 0.3) is 0 Å². The number of anilines is 1. The largest absolute Gasteiger partial charge is 0.352 e. The third-order valence-electron chi connectivity index (χ3n) is 4.24. The maximum atomic E-state index is 9.22. The summed E-state index contributed by atoms with van der Waals surface area (Å²) in [5.74, 6) is 1.04. The molecule has 0 unspecified atom stereocenters. The second-order valence-corrected chi connectivity index (χ2v) is 6.14. The minimum atomic E-state index is 0.505. The lowest BCUT2D eigenvalue weighted by Crippen LogP contribution is -2.22. The van der Waals surface area contributed by atoms with E-state index in [-0.39, 0.29) is 0 Å². The van der Waals surface area contributed by atoms with Crippen LogP contribution in [0.3, 0.4) is 0 Å². The van der Waals surface area contributed by atoms with Crippen LogP contribution in [-0.2, 0) is 13.0 Å². The monoisotopic (exact) mass is 323 g/mol. The Morgan fingerprint density at radius 3 is 3.04 bits per heavy atom. The number of fused-ring (bicyclic) bond motifs is 3. The second-order valence-electron chi connectivity index (χ2n) is 5.71. The summed E-state index contributed by atoms with van der Waals surface area (Å²) in [7, 11) is 0. The van der Waals surface area contributed by atoms with Crippen molar-refractivity contribution in [1.29, 1.82) is 5.26 Å². The van der Waals surface area contributed by atoms with Crippen LogP contribution in [0.4, 0.5) is 5.82 Å². The average molecular weight is 324 g/mol. The minimum absolute atomic E-state index is 0.505. The molecule has 0 radical (unpaired) electrons. The first kappa shape index (κ1) is 14.0. The maximum Gasteiger partial charge on any atom is 0.175 e. The van der Waals surface area contributed by atoms with Gasteiger partial charge in [-0.3, -0.25) is 0 Å². The van der Waals surface area contributed by atoms with Crippen LogP contribution in [0.15, 0.2) is 30.5 Å². The fourth-order valence-corrected chi connectivity index (χ4v) is 3.39. The summed E-state index contributed by atoms with van der Waals surface area (Å²) in [5, 5.41) is 14.3. The zero-order chi connectivity index (χ0) is 16.0. The summed E-state index contributed by atoms with van der Waals surface area (Å²) in [6.07, 6.45) is 2.52. The van der Waals surface area contributed by atoms with Crippen LogP contribution >= 0.6 is 11.6 Å². The molecule has 114 valence electrons. The van der Waals surface area contributed by atoms with Crippen molar-refractivity contribution in [1.82, 2.24) is 14.6 Å². The number of hydrogen-bond donors (Lipinski definition) is 0. The second kappa shape index (κ2) is 5.25. The van der Waals surface area contributed by atoms with Gasteiger partial charge in [0, 0.05) is 29.4 Å². The van der Waals surface area contributed by atoms with Crippen LogP contribution in [0, 0.1) is 18.3 Å². The molecule has 0 saturated carbocycles. The molecule has 0 atom stereocenters. The van der Waals surface area contributed by atoms with Crippen molar-refractivity contribution in [3.63, 3.8) is 0 Å². The summed E-state index contributed by atoms with van der Waals surface area (Å²) in [5.41, 5.74) is 4.46. The normalized spacial score (nSPS) is 13.3. The fourth-order valence-electron chi connectivity index (χ4n) is 3.18. The van der Waals surface area contributed by atoms with Gasteiger partial charge in [0.2, 0.25) is 0 Å². The van der Waals surface area contributed by atoms with Crippen LogP contribution in [0.1, 0.15) is 22.4 Å². The van der Waals surface area contributed by atoms with Crippen molar-refractivity contribution < 1.29 is 0 Å². The van der Waals surface area contributed by atoms with Crippen molar-refractivity contribution in [2.24, 2.45) is 0 Å². The first-order valence-electron chi connectivity index (χ1n) is 7.44. The molecule has 0 aliphatic carbocycles. The fraction of sp³-hybridized carbons (Fsp3) is 0.235. The Morgan fingerprint density at radius 1 is 1.39 bits per heavy atom. The topological polar surface area (TPSA) is 57.2 Å². The SMILES string of the molecule is Cc1nc2c(C#N)cnn2c2c1CCN2Cc1cccc(Cl)c1. The first-order valence-corrected chi connectivity index (χ1v) is 7.82. The number of aryl methyl sites for hydroxylation is 1. The zero-order valence-electron chi connectivity index (χ0n) is 12.6. The van der Waals surface area contributed by atoms with Crippen LogP contribution in [0.2, 0.25) is 5.02 Å². The van der Waals surface area contributed by atoms with E-state index in [9.17, 15) is 5.26 Å². The Hall–Kier alpha value is -2.58. The van der Waals surface area contributed by atoms with Crippen LogP contribution < -0.4 is 4.90 Å². The molecule has 0 fully saturated rings. The Balaban J connectivity index is 1.83. The van der Waals surface area contributed by atoms with Crippen molar-refractivity contribution >= 4 is 23.1 Å². The molecule has 0 N–H and O–H groups in total. The average Bonchev–Trinajstić information content (AvgIpc) is 3.11. The maximum absolute atomic E-state index is 9.22. The van der Waals surface area contributed by atoms with Gasteiger partial charge in [0.1, 0.15) is 17.5 Å². The number of hydrogen-bond acceptors (Lipinski definition) is 4. The number of aromatic nitrogens is 3. The lowest BCUT2D eigenvalue weighted by atomic mass is 10.2. The summed E-state index contributed by atoms with van der Waals surface area (Å²) < 4.78 is 1.79. The van der Waals surface area contributed by atoms with Crippen molar-refractivity contribution in [2.45, 2.75) is 19.9 Å². The molecule has 1 aromatic carbocycles. The third-order valence-corrected chi connectivity index (χ3v) is 4.47. The summed E-state index contributed by atoms with van der Waals surface area (Å²) in [6, 6.07) is 10.0. The highest BCUT2D eigenvalue weighted by Crippen LogP contribution is 2.32. The molecule has 23 heavy (non-hydrogen) atoms. The molecule has 3 heterocycles. The quantitative estimate of drug-likeness (QED) is 0.727. The number of halogens is 1. The van der Waals surface area contributed by atoms with Gasteiger partial charge < -0.3 is 4.90 Å². The molecule has 5 nitrogen and oxygen atoms in total. The van der Waals surface area contributed by atoms with E-state index in [1.165, 1.54) is 5.56 Å². The molecule has 0 amide bonds. The van der Waals surface area contributed by atoms with Gasteiger partial charge in [0.05, 0.1) is 6.20 Å². The lowest BCUT2D eigenvalue weighted by molar-refractivity contribution is 0.799. The van der Waals surface area contributed by atoms with Gasteiger partial charge in [-0.1, -0.05) is 23.7 Å². The predicted octanol–water partition coefficient (Wildman–Crippen LogP) is 3.13. The van der Waals surface area contributed by atoms with Gasteiger partial charge in [-0.05, 0) is 31.0 Å². The van der Waals surface area contributed by atoms with Gasteiger partial charge in [-0.15, -0.1) is 0 Å². The Kier molecular flexibility index (Phi) is 3.21. The molecule has 0 bridgehead atoms. The molecule has 1 aliphatic rings. The minimum Gasteiger partial charge on any atom is -0.352 e. The summed E-state index contributed by atoms with van der Waals surface area (Å²) in [4.78, 5) is 6.84. The van der Waals surface area contributed by atoms with Crippen LogP contribution in [-0.4, -0.2) is 21.1 Å². The van der Waals surface area contributed by atoms with Crippen molar-refractivity contribution in [3.05, 3.63) is 57.9 Å². The smallest absolute Gasteiger partial charge is 0.175 e. The van der Waals surface area contributed by atoms with Gasteiger partial charge >= 0.3 is 0 Å². The van der Waals surface area contributed by atoms with Crippen LogP contribution in [0.25, 0.3) is 5.65 Å². The van der Waals surface area contributed by atoms with E-state index >= 15 is 0 Å². The number of rotatable bonds is 2. The van der Waals surface area contributed by atoms with E-state index in [1.807, 2.05) is 25.1 Å². The molecular weight excluding hydrogens is 310 g/mol. The molecular formula is C17H14ClN5. The van der Waals surface area contributed by atoms with Gasteiger partial charge in [0.15, 0.2) is 5.65 Å². The highest BCUT2D eigenvalue weighted by molar-refractivity contribution is 6.30. The molecule has 1 aliphatic heterocycles. The van der Waals surface area contributed by atoms with E-state index in [2.05, 4.69) is 27.1 Å². The van der Waals surface area contributed by atoms with Crippen molar-refractivity contribution in [3.8, 4) is 6.07 Å². The molecule has 6 heteroatoms. The van der Waals surface area contributed by atoms with Crippen molar-refractivity contribution in [2.75, 3.05) is 11.4 Å². The molecule has 2 aromatic heterocycles. The van der Waals surface area contributed by atoms with Gasteiger partial charge in [-0.2, -0.15) is 14.9 Å². The third kappa shape index (κ3) is 2.23. The Bertz CT molecular complexity index is 954. The van der Waals surface area contributed by atoms with E-state index in [0.29, 0.717) is 11.2 Å². The lowest BCUT2D eigenvalue weighted by Gasteiger charge is -2.20. The predicted molar refractivity (Wildman–Crippen MR) is 88.6 cm³/mol. The zero-order valence-corrected chi connectivity index (χ0v) is 13.4. The Morgan fingerprint density at radius 2 is 2.26 bits per heavy atom. The first-order chi connectivity index (χ1) is 11.2. The van der Waals surface area contributed by atoms with E-state index in [4.69, 9.17) is 11.6 Å². The standard InChI is InChI=1S/C17H14ClN5/c1-11-15-5-6-22(10-12-3-2-4-14(18)7-12)17(15)23-16(21-11)13(8-19)9-20-23/h2-4,7,9H,5-6,10H2,1H3. The molecule has 0 saturated heterocycles. The summed E-state index contributed by atoms with van der Waals surface area (Å²) >= 11 is 6.09. The van der Waals surface area contributed by atoms with Crippen LogP contribution in [0.5, 0.6) is 0 Å². The number of nitrogens with zero attached hydrogens (tertiary/aromatic N) is 5. The highest BCUT2D eigenvalue weighted by atomic mass is 35.5. The highest BCUT2D eigenvalue weighted by Gasteiger charge is 2.26. The molecule has 3 aromatic rings. The van der Waals surface area contributed by atoms with Gasteiger partial charge in [-0.25, -0.2) is 4.98 Å². The molecule has 4 rings (SSSR count). The number of benzene rings is 1. The van der Waals surface area contributed by atoms with E-state index in [1.54, 1.807) is 10.7 Å². The Labute approximate surface area is 138 Å².